The van der Waals surface area contributed by atoms with E-state index < -0.39 is 12.0 Å². The minimum Gasteiger partial charge on any atom is -0.480 e. The van der Waals surface area contributed by atoms with Gasteiger partial charge in [0, 0.05) is 10.4 Å². The number of benzene rings is 1. The van der Waals surface area contributed by atoms with Crippen molar-refractivity contribution in [2.45, 2.75) is 13.0 Å². The number of hydrogen-bond acceptors (Lipinski definition) is 2. The average Bonchev–Trinajstić information content (AvgIpc) is 2.55. The highest BCUT2D eigenvalue weighted by Gasteiger charge is 2.18. The van der Waals surface area contributed by atoms with Gasteiger partial charge in [-0.2, -0.15) is 5.10 Å². The minimum atomic E-state index is -0.907. The third-order valence-electron chi connectivity index (χ3n) is 2.35. The zero-order chi connectivity index (χ0) is 11.9. The molecule has 84 valence electrons. The summed E-state index contributed by atoms with van der Waals surface area (Å²) in [5.74, 6) is -0.907. The maximum Gasteiger partial charge on any atom is 0.328 e. The predicted octanol–water partition coefficient (Wildman–Crippen LogP) is 2.94. The molecule has 2 aromatic rings. The first-order valence-corrected chi connectivity index (χ1v) is 6.02. The fourth-order valence-corrected chi connectivity index (χ4v) is 2.31. The van der Waals surface area contributed by atoms with Gasteiger partial charge in [-0.3, -0.25) is 0 Å². The maximum atomic E-state index is 10.9. The van der Waals surface area contributed by atoms with E-state index in [0.717, 1.165) is 14.6 Å². The third kappa shape index (κ3) is 1.89. The predicted molar refractivity (Wildman–Crippen MR) is 69.8 cm³/mol. The summed E-state index contributed by atoms with van der Waals surface area (Å²) in [5, 5.41) is 14.7. The Labute approximate surface area is 110 Å². The fourth-order valence-electron chi connectivity index (χ4n) is 1.48. The van der Waals surface area contributed by atoms with Crippen LogP contribution in [0.4, 0.5) is 0 Å². The molecule has 0 radical (unpaired) electrons. The number of carboxylic acid groups (broad SMARTS) is 1. The normalized spacial score (nSPS) is 12.9. The number of aliphatic carboxylic acids is 1. The lowest BCUT2D eigenvalue weighted by Crippen LogP contribution is -2.16. The molecule has 4 nitrogen and oxygen atoms in total. The standard InChI is InChI=1S/C10H8ClIN2O2/c1-5(10(15)16)14-8-3-2-6(11)4-7(8)9(12)13-14/h2-5H,1H3,(H,15,16). The van der Waals surface area contributed by atoms with E-state index in [1.165, 1.54) is 4.68 Å². The second-order valence-electron chi connectivity index (χ2n) is 3.41. The number of carboxylic acids is 1. The number of carbonyl (C=O) groups is 1. The number of aromatic nitrogens is 2. The smallest absolute Gasteiger partial charge is 0.328 e. The van der Waals surface area contributed by atoms with Crippen LogP contribution in [0.5, 0.6) is 0 Å². The van der Waals surface area contributed by atoms with Crippen molar-refractivity contribution in [2.24, 2.45) is 0 Å². The van der Waals surface area contributed by atoms with E-state index in [0.29, 0.717) is 5.02 Å². The van der Waals surface area contributed by atoms with Crippen LogP contribution in [0.2, 0.25) is 5.02 Å². The van der Waals surface area contributed by atoms with Crippen molar-refractivity contribution in [3.63, 3.8) is 0 Å². The number of nitrogens with zero attached hydrogens (tertiary/aromatic N) is 2. The van der Waals surface area contributed by atoms with Gasteiger partial charge in [0.05, 0.1) is 5.52 Å². The summed E-state index contributed by atoms with van der Waals surface area (Å²) >= 11 is 7.95. The van der Waals surface area contributed by atoms with E-state index in [9.17, 15) is 4.79 Å². The molecule has 0 aliphatic rings. The van der Waals surface area contributed by atoms with Crippen LogP contribution in [0, 0.1) is 3.70 Å². The Morgan fingerprint density at radius 1 is 1.62 bits per heavy atom. The molecule has 1 N–H and O–H groups in total. The van der Waals surface area contributed by atoms with E-state index in [4.69, 9.17) is 16.7 Å². The summed E-state index contributed by atoms with van der Waals surface area (Å²) in [4.78, 5) is 10.9. The lowest BCUT2D eigenvalue weighted by Gasteiger charge is -2.07. The molecule has 6 heteroatoms. The van der Waals surface area contributed by atoms with Gasteiger partial charge in [-0.15, -0.1) is 0 Å². The molecule has 0 bridgehead atoms. The van der Waals surface area contributed by atoms with Gasteiger partial charge < -0.3 is 5.11 Å². The first-order chi connectivity index (χ1) is 7.50. The summed E-state index contributed by atoms with van der Waals surface area (Å²) < 4.78 is 2.25. The Hall–Kier alpha value is -0.820. The number of fused-ring (bicyclic) bond motifs is 1. The molecule has 2 rings (SSSR count). The molecular formula is C10H8ClIN2O2. The molecule has 16 heavy (non-hydrogen) atoms. The average molecular weight is 351 g/mol. The molecule has 0 saturated carbocycles. The summed E-state index contributed by atoms with van der Waals surface area (Å²) in [6.45, 7) is 1.60. The van der Waals surface area contributed by atoms with E-state index in [2.05, 4.69) is 27.7 Å². The topological polar surface area (TPSA) is 55.1 Å². The lowest BCUT2D eigenvalue weighted by atomic mass is 10.2. The van der Waals surface area contributed by atoms with E-state index >= 15 is 0 Å². The maximum absolute atomic E-state index is 10.9. The molecule has 0 spiro atoms. The van der Waals surface area contributed by atoms with Crippen molar-refractivity contribution in [2.75, 3.05) is 0 Å². The van der Waals surface area contributed by atoms with Crippen molar-refractivity contribution in [3.8, 4) is 0 Å². The van der Waals surface area contributed by atoms with Crippen LogP contribution in [0.15, 0.2) is 18.2 Å². The second kappa shape index (κ2) is 4.21. The van der Waals surface area contributed by atoms with Crippen LogP contribution in [-0.2, 0) is 4.79 Å². The third-order valence-corrected chi connectivity index (χ3v) is 3.38. The summed E-state index contributed by atoms with van der Waals surface area (Å²) in [5.41, 5.74) is 0.781. The van der Waals surface area contributed by atoms with Crippen LogP contribution in [0.1, 0.15) is 13.0 Å². The molecule has 0 fully saturated rings. The van der Waals surface area contributed by atoms with Crippen LogP contribution in [0.3, 0.4) is 0 Å². The second-order valence-corrected chi connectivity index (χ2v) is 4.87. The van der Waals surface area contributed by atoms with Crippen LogP contribution in [0.25, 0.3) is 10.9 Å². The number of rotatable bonds is 2. The van der Waals surface area contributed by atoms with Gasteiger partial charge in [0.1, 0.15) is 9.74 Å². The largest absolute Gasteiger partial charge is 0.480 e. The molecule has 0 aliphatic carbocycles. The van der Waals surface area contributed by atoms with Crippen LogP contribution < -0.4 is 0 Å². The van der Waals surface area contributed by atoms with Gasteiger partial charge in [-0.05, 0) is 47.7 Å². The van der Waals surface area contributed by atoms with E-state index in [1.54, 1.807) is 25.1 Å². The molecule has 0 aliphatic heterocycles. The highest BCUT2D eigenvalue weighted by Crippen LogP contribution is 2.26. The zero-order valence-electron chi connectivity index (χ0n) is 8.32. The highest BCUT2D eigenvalue weighted by molar-refractivity contribution is 14.1. The van der Waals surface area contributed by atoms with Crippen molar-refractivity contribution in [1.29, 1.82) is 0 Å². The highest BCUT2D eigenvalue weighted by atomic mass is 127. The Balaban J connectivity index is 2.68. The first kappa shape index (κ1) is 11.7. The number of hydrogen-bond donors (Lipinski definition) is 1. The molecule has 1 unspecified atom stereocenters. The molecule has 1 heterocycles. The molecule has 0 saturated heterocycles. The number of halogens is 2. The van der Waals surface area contributed by atoms with Gasteiger partial charge in [0.25, 0.3) is 0 Å². The fraction of sp³-hybridized carbons (Fsp3) is 0.200. The van der Waals surface area contributed by atoms with Gasteiger partial charge in [-0.1, -0.05) is 11.6 Å². The quantitative estimate of drug-likeness (QED) is 0.847. The van der Waals surface area contributed by atoms with Crippen LogP contribution in [-0.4, -0.2) is 20.9 Å². The van der Waals surface area contributed by atoms with Crippen molar-refractivity contribution in [3.05, 3.63) is 26.9 Å². The van der Waals surface area contributed by atoms with E-state index in [-0.39, 0.29) is 0 Å². The molecule has 1 atom stereocenters. The van der Waals surface area contributed by atoms with Gasteiger partial charge in [0.2, 0.25) is 0 Å². The Morgan fingerprint density at radius 2 is 2.31 bits per heavy atom. The van der Waals surface area contributed by atoms with Gasteiger partial charge >= 0.3 is 5.97 Å². The Morgan fingerprint density at radius 3 is 2.94 bits per heavy atom. The zero-order valence-corrected chi connectivity index (χ0v) is 11.2. The van der Waals surface area contributed by atoms with Gasteiger partial charge in [0.15, 0.2) is 0 Å². The summed E-state index contributed by atoms with van der Waals surface area (Å²) in [6.07, 6.45) is 0. The minimum absolute atomic E-state index is 0.618. The molecule has 1 aromatic heterocycles. The van der Waals surface area contributed by atoms with Crippen molar-refractivity contribution < 1.29 is 9.90 Å². The molecular weight excluding hydrogens is 342 g/mol. The SMILES string of the molecule is CC(C(=O)O)n1nc(I)c2cc(Cl)ccc21. The van der Waals surface area contributed by atoms with Crippen LogP contribution >= 0.6 is 34.2 Å². The monoisotopic (exact) mass is 350 g/mol. The lowest BCUT2D eigenvalue weighted by molar-refractivity contribution is -0.140. The molecule has 1 aromatic carbocycles. The Bertz CT molecular complexity index is 567. The summed E-state index contributed by atoms with van der Waals surface area (Å²) in [6, 6.07) is 4.61. The van der Waals surface area contributed by atoms with E-state index in [1.807, 2.05) is 0 Å². The van der Waals surface area contributed by atoms with Crippen molar-refractivity contribution >= 4 is 51.1 Å². The van der Waals surface area contributed by atoms with Gasteiger partial charge in [-0.25, -0.2) is 9.48 Å². The Kier molecular flexibility index (Phi) is 3.07. The first-order valence-electron chi connectivity index (χ1n) is 4.57. The summed E-state index contributed by atoms with van der Waals surface area (Å²) in [7, 11) is 0. The van der Waals surface area contributed by atoms with Crippen molar-refractivity contribution in [1.82, 2.24) is 9.78 Å². The molecule has 0 amide bonds.